The highest BCUT2D eigenvalue weighted by Gasteiger charge is 2.24. The molecule has 0 spiro atoms. The highest BCUT2D eigenvalue weighted by atomic mass is 35.5. The van der Waals surface area contributed by atoms with Crippen molar-refractivity contribution in [3.63, 3.8) is 0 Å². The molecule has 31 heavy (non-hydrogen) atoms. The highest BCUT2D eigenvalue weighted by molar-refractivity contribution is 6.50. The first-order valence-corrected chi connectivity index (χ1v) is 9.80. The maximum atomic E-state index is 13.2. The number of fused-ring (bicyclic) bond motifs is 1. The Balaban J connectivity index is 1.72. The fraction of sp³-hybridized carbons (Fsp3) is 0.0455. The summed E-state index contributed by atoms with van der Waals surface area (Å²) in [7, 11) is 0. The van der Waals surface area contributed by atoms with E-state index in [-0.39, 0.29) is 39.4 Å². The number of benzene rings is 2. The van der Waals surface area contributed by atoms with E-state index < -0.39 is 11.7 Å². The Bertz CT molecular complexity index is 1300. The topological polar surface area (TPSA) is 84.2 Å². The largest absolute Gasteiger partial charge is 0.506 e. The number of rotatable bonds is 5. The lowest BCUT2D eigenvalue weighted by atomic mass is 10.1. The fourth-order valence-electron chi connectivity index (χ4n) is 3.26. The number of pyridine rings is 1. The maximum absolute atomic E-state index is 13.2. The first-order valence-electron chi connectivity index (χ1n) is 9.05. The van der Waals surface area contributed by atoms with Crippen molar-refractivity contribution in [3.8, 4) is 5.75 Å². The van der Waals surface area contributed by atoms with Gasteiger partial charge in [-0.2, -0.15) is 0 Å². The minimum absolute atomic E-state index is 0.0562. The third-order valence-electron chi connectivity index (χ3n) is 4.69. The van der Waals surface area contributed by atoms with Gasteiger partial charge in [-0.15, -0.1) is 0 Å². The molecule has 0 fully saturated rings. The van der Waals surface area contributed by atoms with Crippen LogP contribution in [0.15, 0.2) is 61.1 Å². The molecule has 1 amide bonds. The number of para-hydroxylation sites is 1. The molecule has 0 radical (unpaired) electrons. The second-order valence-corrected chi connectivity index (χ2v) is 7.55. The number of hydrogen-bond donors (Lipinski definition) is 2. The van der Waals surface area contributed by atoms with Gasteiger partial charge in [0.1, 0.15) is 11.6 Å². The number of aromatic hydroxyl groups is 1. The molecule has 4 aromatic rings. The zero-order valence-corrected chi connectivity index (χ0v) is 17.3. The number of carbonyl (C=O) groups is 2. The second kappa shape index (κ2) is 8.37. The summed E-state index contributed by atoms with van der Waals surface area (Å²) in [6, 6.07) is 10.5. The summed E-state index contributed by atoms with van der Waals surface area (Å²) in [6.07, 6.45) is 4.06. The third kappa shape index (κ3) is 4.10. The minimum atomic E-state index is -0.945. The van der Waals surface area contributed by atoms with Crippen molar-refractivity contribution in [1.29, 1.82) is 0 Å². The minimum Gasteiger partial charge on any atom is -0.506 e. The highest BCUT2D eigenvalue weighted by Crippen LogP contribution is 2.32. The smallest absolute Gasteiger partial charge is 0.296 e. The van der Waals surface area contributed by atoms with Crippen molar-refractivity contribution >= 4 is 51.5 Å². The van der Waals surface area contributed by atoms with E-state index in [0.717, 1.165) is 5.56 Å². The van der Waals surface area contributed by atoms with Crippen molar-refractivity contribution in [2.45, 2.75) is 6.54 Å². The summed E-state index contributed by atoms with van der Waals surface area (Å²) < 4.78 is 14.8. The number of carbonyl (C=O) groups excluding carboxylic acids is 2. The van der Waals surface area contributed by atoms with Gasteiger partial charge in [0.25, 0.3) is 11.7 Å². The Kier molecular flexibility index (Phi) is 5.63. The summed E-state index contributed by atoms with van der Waals surface area (Å²) in [5.74, 6) is -2.21. The number of phenols is 1. The lowest BCUT2D eigenvalue weighted by Crippen LogP contribution is -2.23. The molecule has 0 aliphatic heterocycles. The van der Waals surface area contributed by atoms with Gasteiger partial charge >= 0.3 is 0 Å². The first-order chi connectivity index (χ1) is 14.8. The van der Waals surface area contributed by atoms with Gasteiger partial charge in [-0.25, -0.2) is 4.39 Å². The number of aromatic nitrogens is 2. The van der Waals surface area contributed by atoms with Crippen LogP contribution in [0.5, 0.6) is 5.75 Å². The number of phenolic OH excluding ortho intramolecular Hbond substituents is 1. The molecule has 156 valence electrons. The lowest BCUT2D eigenvalue weighted by Gasteiger charge is -2.07. The zero-order valence-electron chi connectivity index (χ0n) is 15.8. The number of Topliss-reactive ketones (excluding diaryl/α,β-unsaturated/α-hetero) is 1. The Hall–Kier alpha value is -3.42. The van der Waals surface area contributed by atoms with Crippen molar-refractivity contribution in [2.24, 2.45) is 0 Å². The average Bonchev–Trinajstić information content (AvgIpc) is 3.11. The molecule has 0 bridgehead atoms. The van der Waals surface area contributed by atoms with Gasteiger partial charge in [0.15, 0.2) is 0 Å². The van der Waals surface area contributed by atoms with E-state index >= 15 is 0 Å². The summed E-state index contributed by atoms with van der Waals surface area (Å²) in [5.41, 5.74) is 1.30. The van der Waals surface area contributed by atoms with Crippen LogP contribution in [0.2, 0.25) is 10.0 Å². The van der Waals surface area contributed by atoms with E-state index in [4.69, 9.17) is 23.2 Å². The number of hydrogen-bond acceptors (Lipinski definition) is 4. The van der Waals surface area contributed by atoms with E-state index in [9.17, 15) is 19.1 Å². The number of anilines is 1. The Morgan fingerprint density at radius 3 is 2.42 bits per heavy atom. The molecule has 9 heteroatoms. The zero-order chi connectivity index (χ0) is 22.1. The molecular formula is C22H14Cl2FN3O3. The van der Waals surface area contributed by atoms with Crippen LogP contribution in [0.4, 0.5) is 10.1 Å². The van der Waals surface area contributed by atoms with Gasteiger partial charge in [0.2, 0.25) is 0 Å². The van der Waals surface area contributed by atoms with Crippen LogP contribution in [-0.4, -0.2) is 26.3 Å². The summed E-state index contributed by atoms with van der Waals surface area (Å²) in [5, 5.41) is 13.4. The molecule has 2 N–H and O–H groups in total. The Labute approximate surface area is 185 Å². The van der Waals surface area contributed by atoms with Crippen molar-refractivity contribution in [1.82, 2.24) is 9.55 Å². The fourth-order valence-corrected chi connectivity index (χ4v) is 3.72. The normalized spacial score (nSPS) is 10.9. The van der Waals surface area contributed by atoms with Gasteiger partial charge in [0.05, 0.1) is 26.8 Å². The van der Waals surface area contributed by atoms with Gasteiger partial charge in [-0.05, 0) is 23.8 Å². The van der Waals surface area contributed by atoms with Crippen LogP contribution in [0.3, 0.4) is 0 Å². The van der Waals surface area contributed by atoms with Crippen molar-refractivity contribution in [2.75, 3.05) is 5.32 Å². The van der Waals surface area contributed by atoms with Gasteiger partial charge in [0, 0.05) is 30.5 Å². The predicted molar refractivity (Wildman–Crippen MR) is 116 cm³/mol. The number of nitrogens with zero attached hydrogens (tertiary/aromatic N) is 2. The molecule has 0 saturated heterocycles. The van der Waals surface area contributed by atoms with Crippen molar-refractivity contribution < 1.29 is 19.1 Å². The lowest BCUT2D eigenvalue weighted by molar-refractivity contribution is -0.112. The molecule has 6 nitrogen and oxygen atoms in total. The Morgan fingerprint density at radius 2 is 1.74 bits per heavy atom. The van der Waals surface area contributed by atoms with E-state index in [1.165, 1.54) is 36.8 Å². The predicted octanol–water partition coefficient (Wildman–Crippen LogP) is 5.06. The molecule has 0 aliphatic rings. The second-order valence-electron chi connectivity index (χ2n) is 6.73. The van der Waals surface area contributed by atoms with Gasteiger partial charge < -0.3 is 15.0 Å². The molecule has 2 heterocycles. The number of nitrogens with one attached hydrogen (secondary N) is 1. The molecule has 2 aromatic heterocycles. The number of halogens is 3. The standard InChI is InChI=1S/C22H14Cl2FN3O3/c23-16-8-26-9-17(24)19(16)27-22(31)21(30)15-11-28(10-12-4-6-13(25)7-5-12)20-14(15)2-1-3-18(20)29/h1-9,11,29H,10H2,(H,26,27,31). The molecule has 0 unspecified atom stereocenters. The number of ketones is 1. The van der Waals surface area contributed by atoms with Crippen LogP contribution in [0.25, 0.3) is 10.9 Å². The van der Waals surface area contributed by atoms with Crippen LogP contribution in [0.1, 0.15) is 15.9 Å². The molecule has 2 aromatic carbocycles. The SMILES string of the molecule is O=C(Nc1c(Cl)cncc1Cl)C(=O)c1cn(Cc2ccc(F)cc2)c2c(O)cccc12. The summed E-state index contributed by atoms with van der Waals surface area (Å²) in [4.78, 5) is 29.4. The maximum Gasteiger partial charge on any atom is 0.296 e. The monoisotopic (exact) mass is 457 g/mol. The van der Waals surface area contributed by atoms with Crippen LogP contribution in [-0.2, 0) is 11.3 Å². The number of amides is 1. The van der Waals surface area contributed by atoms with Gasteiger partial charge in [-0.3, -0.25) is 14.6 Å². The van der Waals surface area contributed by atoms with E-state index in [2.05, 4.69) is 10.3 Å². The summed E-state index contributed by atoms with van der Waals surface area (Å²) >= 11 is 12.0. The van der Waals surface area contributed by atoms with Crippen LogP contribution in [0, 0.1) is 5.82 Å². The van der Waals surface area contributed by atoms with Gasteiger partial charge in [-0.1, -0.05) is 47.5 Å². The first kappa shape index (κ1) is 20.8. The van der Waals surface area contributed by atoms with Crippen LogP contribution < -0.4 is 5.32 Å². The van der Waals surface area contributed by atoms with Crippen LogP contribution >= 0.6 is 23.2 Å². The van der Waals surface area contributed by atoms with E-state index in [1.807, 2.05) is 0 Å². The van der Waals surface area contributed by atoms with E-state index in [1.54, 1.807) is 28.8 Å². The third-order valence-corrected chi connectivity index (χ3v) is 5.26. The average molecular weight is 458 g/mol. The molecule has 4 rings (SSSR count). The quantitative estimate of drug-likeness (QED) is 0.324. The van der Waals surface area contributed by atoms with Crippen molar-refractivity contribution in [3.05, 3.63) is 88.0 Å². The Morgan fingerprint density at radius 1 is 1.06 bits per heavy atom. The summed E-state index contributed by atoms with van der Waals surface area (Å²) in [6.45, 7) is 0.255. The molecule has 0 atom stereocenters. The molecular weight excluding hydrogens is 444 g/mol. The van der Waals surface area contributed by atoms with E-state index in [0.29, 0.717) is 10.9 Å². The molecule has 0 saturated carbocycles. The molecule has 0 aliphatic carbocycles.